The van der Waals surface area contributed by atoms with Crippen LogP contribution in [0.25, 0.3) is 0 Å². The summed E-state index contributed by atoms with van der Waals surface area (Å²) in [5.41, 5.74) is 4.88. The summed E-state index contributed by atoms with van der Waals surface area (Å²) in [6.45, 7) is 4.07. The van der Waals surface area contributed by atoms with Crippen molar-refractivity contribution >= 4 is 11.4 Å². The molecule has 1 N–H and O–H groups in total. The predicted octanol–water partition coefficient (Wildman–Crippen LogP) is 3.92. The summed E-state index contributed by atoms with van der Waals surface area (Å²) >= 11 is 0. The van der Waals surface area contributed by atoms with Gasteiger partial charge in [-0.1, -0.05) is 23.8 Å². The van der Waals surface area contributed by atoms with Crippen LogP contribution in [0.2, 0.25) is 0 Å². The van der Waals surface area contributed by atoms with E-state index in [0.717, 1.165) is 16.9 Å². The Labute approximate surface area is 102 Å². The molecule has 2 nitrogen and oxygen atoms in total. The third kappa shape index (κ3) is 2.64. The van der Waals surface area contributed by atoms with Crippen LogP contribution in [0.1, 0.15) is 16.7 Å². The second-order valence-electron chi connectivity index (χ2n) is 4.15. The van der Waals surface area contributed by atoms with E-state index >= 15 is 0 Å². The van der Waals surface area contributed by atoms with Crippen LogP contribution in [-0.4, -0.2) is 0 Å². The third-order valence-corrected chi connectivity index (χ3v) is 2.63. The minimum atomic E-state index is 0.663. The number of benzene rings is 2. The van der Waals surface area contributed by atoms with Crippen LogP contribution in [0.5, 0.6) is 0 Å². The molecular formula is C15H14N2. The van der Waals surface area contributed by atoms with Gasteiger partial charge in [0.1, 0.15) is 6.07 Å². The highest BCUT2D eigenvalue weighted by Crippen LogP contribution is 2.22. The molecule has 17 heavy (non-hydrogen) atoms. The van der Waals surface area contributed by atoms with Gasteiger partial charge in [0.25, 0.3) is 0 Å². The minimum Gasteiger partial charge on any atom is -0.354 e. The van der Waals surface area contributed by atoms with Gasteiger partial charge in [0, 0.05) is 5.69 Å². The first-order valence-electron chi connectivity index (χ1n) is 5.53. The molecule has 0 unspecified atom stereocenters. The SMILES string of the molecule is Cc1ccc(Nc2cc(C)ccc2C#N)cc1. The Hall–Kier alpha value is -2.27. The van der Waals surface area contributed by atoms with Crippen molar-refractivity contribution in [2.75, 3.05) is 5.32 Å². The largest absolute Gasteiger partial charge is 0.354 e. The normalized spacial score (nSPS) is 9.71. The first-order valence-corrected chi connectivity index (χ1v) is 5.53. The molecule has 2 aromatic carbocycles. The van der Waals surface area contributed by atoms with E-state index in [-0.39, 0.29) is 0 Å². The zero-order chi connectivity index (χ0) is 12.3. The summed E-state index contributed by atoms with van der Waals surface area (Å²) in [4.78, 5) is 0. The zero-order valence-electron chi connectivity index (χ0n) is 9.99. The van der Waals surface area contributed by atoms with E-state index in [2.05, 4.69) is 18.3 Å². The molecule has 0 aromatic heterocycles. The van der Waals surface area contributed by atoms with Gasteiger partial charge in [0.2, 0.25) is 0 Å². The van der Waals surface area contributed by atoms with Crippen LogP contribution in [-0.2, 0) is 0 Å². The Bertz CT molecular complexity index is 562. The maximum absolute atomic E-state index is 9.04. The lowest BCUT2D eigenvalue weighted by atomic mass is 10.1. The standard InChI is InChI=1S/C15H14N2/c1-11-4-7-14(8-5-11)17-15-9-12(2)3-6-13(15)10-16/h3-9,17H,1-2H3. The van der Waals surface area contributed by atoms with E-state index in [1.165, 1.54) is 5.56 Å². The Morgan fingerprint density at radius 2 is 1.59 bits per heavy atom. The van der Waals surface area contributed by atoms with Gasteiger partial charge in [-0.3, -0.25) is 0 Å². The molecule has 0 aliphatic carbocycles. The van der Waals surface area contributed by atoms with E-state index < -0.39 is 0 Å². The van der Waals surface area contributed by atoms with Crippen molar-refractivity contribution in [3.8, 4) is 6.07 Å². The fraction of sp³-hybridized carbons (Fsp3) is 0.133. The molecule has 84 valence electrons. The highest BCUT2D eigenvalue weighted by atomic mass is 14.9. The zero-order valence-corrected chi connectivity index (χ0v) is 9.99. The number of hydrogen-bond acceptors (Lipinski definition) is 2. The molecule has 0 saturated heterocycles. The Morgan fingerprint density at radius 1 is 0.941 bits per heavy atom. The van der Waals surface area contributed by atoms with Crippen molar-refractivity contribution < 1.29 is 0 Å². The Kier molecular flexibility index (Phi) is 3.11. The third-order valence-electron chi connectivity index (χ3n) is 2.63. The highest BCUT2D eigenvalue weighted by Gasteiger charge is 2.02. The summed E-state index contributed by atoms with van der Waals surface area (Å²) in [5, 5.41) is 12.3. The summed E-state index contributed by atoms with van der Waals surface area (Å²) in [5.74, 6) is 0. The number of nitrogens with one attached hydrogen (secondary N) is 1. The second kappa shape index (κ2) is 4.71. The number of nitrogens with zero attached hydrogens (tertiary/aromatic N) is 1. The lowest BCUT2D eigenvalue weighted by Gasteiger charge is -2.09. The van der Waals surface area contributed by atoms with E-state index in [1.54, 1.807) is 0 Å². The fourth-order valence-corrected chi connectivity index (χ4v) is 1.65. The maximum atomic E-state index is 9.04. The second-order valence-corrected chi connectivity index (χ2v) is 4.15. The molecular weight excluding hydrogens is 208 g/mol. The monoisotopic (exact) mass is 222 g/mol. The lowest BCUT2D eigenvalue weighted by molar-refractivity contribution is 1.40. The van der Waals surface area contributed by atoms with E-state index in [1.807, 2.05) is 49.4 Å². The first-order chi connectivity index (χ1) is 8.19. The van der Waals surface area contributed by atoms with E-state index in [4.69, 9.17) is 5.26 Å². The summed E-state index contributed by atoms with van der Waals surface area (Å²) in [6, 6.07) is 16.1. The quantitative estimate of drug-likeness (QED) is 0.836. The van der Waals surface area contributed by atoms with Crippen LogP contribution < -0.4 is 5.32 Å². The topological polar surface area (TPSA) is 35.8 Å². The van der Waals surface area contributed by atoms with Crippen molar-refractivity contribution in [1.29, 1.82) is 5.26 Å². The molecule has 0 saturated carbocycles. The van der Waals surface area contributed by atoms with Crippen LogP contribution in [0.3, 0.4) is 0 Å². The van der Waals surface area contributed by atoms with Crippen molar-refractivity contribution in [2.24, 2.45) is 0 Å². The molecule has 0 aliphatic rings. The van der Waals surface area contributed by atoms with Crippen molar-refractivity contribution in [3.63, 3.8) is 0 Å². The predicted molar refractivity (Wildman–Crippen MR) is 70.4 cm³/mol. The number of anilines is 2. The van der Waals surface area contributed by atoms with Crippen LogP contribution >= 0.6 is 0 Å². The van der Waals surface area contributed by atoms with Gasteiger partial charge in [-0.25, -0.2) is 0 Å². The molecule has 2 heteroatoms. The van der Waals surface area contributed by atoms with Gasteiger partial charge in [0.15, 0.2) is 0 Å². The Balaban J connectivity index is 2.32. The average Bonchev–Trinajstić information content (AvgIpc) is 2.32. The molecule has 0 spiro atoms. The van der Waals surface area contributed by atoms with Gasteiger partial charge in [-0.05, 0) is 43.7 Å². The molecule has 0 radical (unpaired) electrons. The molecule has 2 rings (SSSR count). The number of nitriles is 1. The van der Waals surface area contributed by atoms with Crippen molar-refractivity contribution in [1.82, 2.24) is 0 Å². The smallest absolute Gasteiger partial charge is 0.101 e. The summed E-state index contributed by atoms with van der Waals surface area (Å²) < 4.78 is 0. The van der Waals surface area contributed by atoms with Gasteiger partial charge < -0.3 is 5.32 Å². The molecule has 0 bridgehead atoms. The summed E-state index contributed by atoms with van der Waals surface area (Å²) in [7, 11) is 0. The van der Waals surface area contributed by atoms with Gasteiger partial charge in [0.05, 0.1) is 11.3 Å². The molecule has 0 atom stereocenters. The molecule has 0 fully saturated rings. The Morgan fingerprint density at radius 3 is 2.24 bits per heavy atom. The van der Waals surface area contributed by atoms with Crippen LogP contribution in [0.15, 0.2) is 42.5 Å². The van der Waals surface area contributed by atoms with Crippen LogP contribution in [0.4, 0.5) is 11.4 Å². The van der Waals surface area contributed by atoms with E-state index in [9.17, 15) is 0 Å². The number of aryl methyl sites for hydroxylation is 2. The van der Waals surface area contributed by atoms with E-state index in [0.29, 0.717) is 5.56 Å². The van der Waals surface area contributed by atoms with Gasteiger partial charge in [-0.2, -0.15) is 5.26 Å². The maximum Gasteiger partial charge on any atom is 0.101 e. The highest BCUT2D eigenvalue weighted by molar-refractivity contribution is 5.67. The van der Waals surface area contributed by atoms with Gasteiger partial charge >= 0.3 is 0 Å². The average molecular weight is 222 g/mol. The molecule has 0 heterocycles. The van der Waals surface area contributed by atoms with Gasteiger partial charge in [-0.15, -0.1) is 0 Å². The van der Waals surface area contributed by atoms with Crippen LogP contribution in [0, 0.1) is 25.2 Å². The van der Waals surface area contributed by atoms with Crippen molar-refractivity contribution in [2.45, 2.75) is 13.8 Å². The van der Waals surface area contributed by atoms with Crippen molar-refractivity contribution in [3.05, 3.63) is 59.2 Å². The lowest BCUT2D eigenvalue weighted by Crippen LogP contribution is -1.94. The minimum absolute atomic E-state index is 0.663. The number of hydrogen-bond donors (Lipinski definition) is 1. The first kappa shape index (κ1) is 11.2. The molecule has 2 aromatic rings. The fourth-order valence-electron chi connectivity index (χ4n) is 1.65. The number of rotatable bonds is 2. The molecule has 0 amide bonds. The molecule has 0 aliphatic heterocycles. The summed E-state index contributed by atoms with van der Waals surface area (Å²) in [6.07, 6.45) is 0.